The fourth-order valence-electron chi connectivity index (χ4n) is 1.24. The molecule has 0 spiro atoms. The van der Waals surface area contributed by atoms with Crippen molar-refractivity contribution in [2.24, 2.45) is 11.7 Å². The molecule has 0 heterocycles. The lowest BCUT2D eigenvalue weighted by atomic mass is 9.99. The normalized spacial score (nSPS) is 13.3. The Balaban J connectivity index is 0. The lowest BCUT2D eigenvalue weighted by Gasteiger charge is -2.20. The molecule has 0 bridgehead atoms. The minimum Gasteiger partial charge on any atom is -0.468 e. The van der Waals surface area contributed by atoms with Crippen LogP contribution in [0.3, 0.4) is 0 Å². The van der Waals surface area contributed by atoms with Gasteiger partial charge in [-0.25, -0.2) is 8.78 Å². The number of esters is 1. The van der Waals surface area contributed by atoms with Crippen LogP contribution in [0.2, 0.25) is 0 Å². The van der Waals surface area contributed by atoms with Crippen molar-refractivity contribution in [2.45, 2.75) is 38.7 Å². The average Bonchev–Trinajstić information content (AvgIpc) is 1.99. The number of carbonyl (C=O) groups is 1. The molecule has 15 heavy (non-hydrogen) atoms. The second-order valence-corrected chi connectivity index (χ2v) is 3.79. The van der Waals surface area contributed by atoms with Crippen LogP contribution < -0.4 is 5.73 Å². The molecule has 6 heteroatoms. The Hall–Kier alpha value is -0.230. The molecule has 1 unspecified atom stereocenters. The molecular weight excluding hydrogens is 272 g/mol. The number of halogens is 3. The first kappa shape index (κ1) is 17.2. The molecule has 0 saturated heterocycles. The maximum atomic E-state index is 13.1. The van der Waals surface area contributed by atoms with E-state index >= 15 is 0 Å². The van der Waals surface area contributed by atoms with Crippen LogP contribution in [-0.2, 0) is 9.53 Å². The summed E-state index contributed by atoms with van der Waals surface area (Å²) in [5.74, 6) is -3.83. The third kappa shape index (κ3) is 7.67. The Morgan fingerprint density at radius 3 is 2.20 bits per heavy atom. The molecule has 0 aliphatic carbocycles. The molecule has 0 aliphatic rings. The number of nitrogens with two attached hydrogens (primary N) is 1. The molecule has 0 radical (unpaired) electrons. The van der Waals surface area contributed by atoms with Crippen LogP contribution in [0.5, 0.6) is 0 Å². The summed E-state index contributed by atoms with van der Waals surface area (Å²) in [4.78, 5) is 10.8. The average molecular weight is 290 g/mol. The van der Waals surface area contributed by atoms with Crippen LogP contribution >= 0.6 is 17.0 Å². The summed E-state index contributed by atoms with van der Waals surface area (Å²) in [6, 6.07) is -1.24. The number of alkyl halides is 2. The molecule has 0 aromatic rings. The van der Waals surface area contributed by atoms with E-state index in [-0.39, 0.29) is 29.3 Å². The van der Waals surface area contributed by atoms with Crippen molar-refractivity contribution in [1.29, 1.82) is 0 Å². The Labute approximate surface area is 99.1 Å². The zero-order valence-corrected chi connectivity index (χ0v) is 10.8. The third-order valence-electron chi connectivity index (χ3n) is 1.73. The SMILES string of the molecule is Br.COC(=O)C(N)CC(F)(F)CC(C)C. The van der Waals surface area contributed by atoms with Gasteiger partial charge in [0.15, 0.2) is 0 Å². The number of rotatable bonds is 5. The van der Waals surface area contributed by atoms with E-state index in [0.717, 1.165) is 7.11 Å². The van der Waals surface area contributed by atoms with E-state index in [0.29, 0.717) is 0 Å². The Morgan fingerprint density at radius 2 is 1.87 bits per heavy atom. The summed E-state index contributed by atoms with van der Waals surface area (Å²) < 4.78 is 30.5. The van der Waals surface area contributed by atoms with Gasteiger partial charge in [-0.3, -0.25) is 4.79 Å². The molecule has 0 aliphatic heterocycles. The van der Waals surface area contributed by atoms with Crippen LogP contribution in [-0.4, -0.2) is 25.0 Å². The van der Waals surface area contributed by atoms with Crippen LogP contribution in [0.1, 0.15) is 26.7 Å². The first-order chi connectivity index (χ1) is 6.28. The summed E-state index contributed by atoms with van der Waals surface area (Å²) in [6.07, 6.45) is -0.921. The Bertz CT molecular complexity index is 201. The zero-order valence-electron chi connectivity index (χ0n) is 9.13. The highest BCUT2D eigenvalue weighted by molar-refractivity contribution is 8.93. The fraction of sp³-hybridized carbons (Fsp3) is 0.889. The first-order valence-electron chi connectivity index (χ1n) is 4.49. The highest BCUT2D eigenvalue weighted by Crippen LogP contribution is 2.28. The summed E-state index contributed by atoms with van der Waals surface area (Å²) in [5.41, 5.74) is 5.24. The van der Waals surface area contributed by atoms with Crippen molar-refractivity contribution in [2.75, 3.05) is 7.11 Å². The zero-order chi connectivity index (χ0) is 11.4. The summed E-state index contributed by atoms with van der Waals surface area (Å²) >= 11 is 0. The van der Waals surface area contributed by atoms with E-state index in [2.05, 4.69) is 4.74 Å². The van der Waals surface area contributed by atoms with Crippen molar-refractivity contribution < 1.29 is 18.3 Å². The van der Waals surface area contributed by atoms with Gasteiger partial charge in [0, 0.05) is 12.8 Å². The molecule has 0 aromatic carbocycles. The molecule has 92 valence electrons. The summed E-state index contributed by atoms with van der Waals surface area (Å²) in [5, 5.41) is 0. The Morgan fingerprint density at radius 1 is 1.40 bits per heavy atom. The van der Waals surface area contributed by atoms with Gasteiger partial charge in [-0.15, -0.1) is 17.0 Å². The van der Waals surface area contributed by atoms with Gasteiger partial charge < -0.3 is 10.5 Å². The van der Waals surface area contributed by atoms with Gasteiger partial charge in [0.25, 0.3) is 5.92 Å². The van der Waals surface area contributed by atoms with Crippen molar-refractivity contribution in [3.63, 3.8) is 0 Å². The van der Waals surface area contributed by atoms with Gasteiger partial charge in [-0.1, -0.05) is 13.8 Å². The minimum atomic E-state index is -2.90. The molecular formula is C9H18BrF2NO2. The van der Waals surface area contributed by atoms with Crippen LogP contribution in [0.4, 0.5) is 8.78 Å². The second-order valence-electron chi connectivity index (χ2n) is 3.79. The third-order valence-corrected chi connectivity index (χ3v) is 1.73. The van der Waals surface area contributed by atoms with Crippen LogP contribution in [0, 0.1) is 5.92 Å². The van der Waals surface area contributed by atoms with Crippen molar-refractivity contribution >= 4 is 23.0 Å². The van der Waals surface area contributed by atoms with Crippen LogP contribution in [0.15, 0.2) is 0 Å². The molecule has 1 atom stereocenters. The summed E-state index contributed by atoms with van der Waals surface area (Å²) in [6.45, 7) is 3.38. The predicted molar refractivity (Wildman–Crippen MR) is 59.3 cm³/mol. The van der Waals surface area contributed by atoms with Gasteiger partial charge in [-0.2, -0.15) is 0 Å². The molecule has 0 aromatic heterocycles. The van der Waals surface area contributed by atoms with Crippen molar-refractivity contribution in [3.8, 4) is 0 Å². The standard InChI is InChI=1S/C9H17F2NO2.BrH/c1-6(2)4-9(10,11)5-7(12)8(13)14-3;/h6-7H,4-5,12H2,1-3H3;1H. The first-order valence-corrected chi connectivity index (χ1v) is 4.49. The molecule has 3 nitrogen and oxygen atoms in total. The molecule has 2 N–H and O–H groups in total. The van der Waals surface area contributed by atoms with Crippen molar-refractivity contribution in [3.05, 3.63) is 0 Å². The highest BCUT2D eigenvalue weighted by Gasteiger charge is 2.34. The topological polar surface area (TPSA) is 52.3 Å². The monoisotopic (exact) mass is 289 g/mol. The number of hydrogen-bond acceptors (Lipinski definition) is 3. The fourth-order valence-corrected chi connectivity index (χ4v) is 1.24. The summed E-state index contributed by atoms with van der Waals surface area (Å²) in [7, 11) is 1.13. The van der Waals surface area contributed by atoms with Gasteiger partial charge in [0.2, 0.25) is 0 Å². The predicted octanol–water partition coefficient (Wildman–Crippen LogP) is 2.14. The van der Waals surface area contributed by atoms with Gasteiger partial charge in [0.05, 0.1) is 7.11 Å². The Kier molecular flexibility index (Phi) is 8.14. The second kappa shape index (κ2) is 7.11. The van der Waals surface area contributed by atoms with E-state index in [4.69, 9.17) is 5.73 Å². The maximum Gasteiger partial charge on any atom is 0.322 e. The number of ether oxygens (including phenoxy) is 1. The number of hydrogen-bond donors (Lipinski definition) is 1. The van der Waals surface area contributed by atoms with E-state index in [9.17, 15) is 13.6 Å². The lowest BCUT2D eigenvalue weighted by Crippen LogP contribution is -2.38. The lowest BCUT2D eigenvalue weighted by molar-refractivity contribution is -0.145. The van der Waals surface area contributed by atoms with Crippen molar-refractivity contribution in [1.82, 2.24) is 0 Å². The largest absolute Gasteiger partial charge is 0.468 e. The molecule has 0 rings (SSSR count). The van der Waals surface area contributed by atoms with Crippen LogP contribution in [0.25, 0.3) is 0 Å². The molecule has 0 saturated carbocycles. The molecule has 0 fully saturated rings. The maximum absolute atomic E-state index is 13.1. The molecule has 0 amide bonds. The van der Waals surface area contributed by atoms with E-state index in [1.807, 2.05) is 0 Å². The quantitative estimate of drug-likeness (QED) is 0.789. The van der Waals surface area contributed by atoms with Gasteiger partial charge in [0.1, 0.15) is 6.04 Å². The van der Waals surface area contributed by atoms with Gasteiger partial charge in [-0.05, 0) is 5.92 Å². The van der Waals surface area contributed by atoms with Gasteiger partial charge >= 0.3 is 5.97 Å². The van der Waals surface area contributed by atoms with E-state index in [1.165, 1.54) is 0 Å². The minimum absolute atomic E-state index is 0. The van der Waals surface area contributed by atoms with E-state index in [1.54, 1.807) is 13.8 Å². The number of methoxy groups -OCH3 is 1. The highest BCUT2D eigenvalue weighted by atomic mass is 79.9. The number of carbonyl (C=O) groups excluding carboxylic acids is 1. The smallest absolute Gasteiger partial charge is 0.322 e. The van der Waals surface area contributed by atoms with E-state index < -0.39 is 24.4 Å².